The second-order valence-corrected chi connectivity index (χ2v) is 9.36. The summed E-state index contributed by atoms with van der Waals surface area (Å²) in [5.41, 5.74) is 3.63. The molecule has 2 aromatic carbocycles. The Kier molecular flexibility index (Phi) is 9.07. The van der Waals surface area contributed by atoms with Crippen molar-refractivity contribution in [3.05, 3.63) is 60.3 Å². The summed E-state index contributed by atoms with van der Waals surface area (Å²) >= 11 is 0. The average Bonchev–Trinajstić information content (AvgIpc) is 3.25. The van der Waals surface area contributed by atoms with Gasteiger partial charge >= 0.3 is 5.97 Å². The highest BCUT2D eigenvalue weighted by Crippen LogP contribution is 2.24. The second kappa shape index (κ2) is 12.6. The fourth-order valence-corrected chi connectivity index (χ4v) is 4.87. The number of unbranched alkanes of at least 4 members (excludes halogenated alkanes) is 3. The third kappa shape index (κ3) is 6.79. The SMILES string of the molecule is CCCCCCOC(=O)Cn1cc(CCN2CCN(c3cccc(OC)c3)CC2)c2ccccc21. The van der Waals surface area contributed by atoms with E-state index in [0.717, 1.165) is 63.3 Å². The van der Waals surface area contributed by atoms with Crippen LogP contribution in [0.25, 0.3) is 10.9 Å². The second-order valence-electron chi connectivity index (χ2n) is 9.36. The van der Waals surface area contributed by atoms with Gasteiger partial charge in [-0.05, 0) is 36.6 Å². The molecule has 6 nitrogen and oxygen atoms in total. The van der Waals surface area contributed by atoms with Gasteiger partial charge in [-0.2, -0.15) is 0 Å². The first-order chi connectivity index (χ1) is 17.2. The Morgan fingerprint density at radius 3 is 2.60 bits per heavy atom. The first kappa shape index (κ1) is 25.1. The zero-order valence-corrected chi connectivity index (χ0v) is 21.2. The minimum absolute atomic E-state index is 0.150. The quantitative estimate of drug-likeness (QED) is 0.267. The molecule has 0 radical (unpaired) electrons. The Morgan fingerprint density at radius 1 is 0.971 bits per heavy atom. The normalized spacial score (nSPS) is 14.4. The molecule has 0 bridgehead atoms. The van der Waals surface area contributed by atoms with Gasteiger partial charge in [0.1, 0.15) is 12.3 Å². The van der Waals surface area contributed by atoms with E-state index in [4.69, 9.17) is 9.47 Å². The van der Waals surface area contributed by atoms with E-state index in [-0.39, 0.29) is 12.5 Å². The number of anilines is 1. The molecular formula is C29H39N3O3. The van der Waals surface area contributed by atoms with Crippen molar-refractivity contribution in [2.45, 2.75) is 45.6 Å². The Morgan fingerprint density at radius 2 is 1.80 bits per heavy atom. The summed E-state index contributed by atoms with van der Waals surface area (Å²) in [4.78, 5) is 17.4. The third-order valence-corrected chi connectivity index (χ3v) is 6.92. The number of fused-ring (bicyclic) bond motifs is 1. The minimum Gasteiger partial charge on any atom is -0.497 e. The molecule has 6 heteroatoms. The summed E-state index contributed by atoms with van der Waals surface area (Å²) < 4.78 is 12.9. The number of carbonyl (C=O) groups is 1. The zero-order chi connectivity index (χ0) is 24.5. The summed E-state index contributed by atoms with van der Waals surface area (Å²) in [6.07, 6.45) is 7.56. The summed E-state index contributed by atoms with van der Waals surface area (Å²) in [6, 6.07) is 16.7. The van der Waals surface area contributed by atoms with E-state index < -0.39 is 0 Å². The highest BCUT2D eigenvalue weighted by molar-refractivity contribution is 5.85. The molecule has 1 aliphatic heterocycles. The zero-order valence-electron chi connectivity index (χ0n) is 21.2. The highest BCUT2D eigenvalue weighted by Gasteiger charge is 2.18. The number of hydrogen-bond donors (Lipinski definition) is 0. The van der Waals surface area contributed by atoms with Crippen molar-refractivity contribution in [3.8, 4) is 5.75 Å². The van der Waals surface area contributed by atoms with E-state index in [9.17, 15) is 4.79 Å². The topological polar surface area (TPSA) is 46.9 Å². The van der Waals surface area contributed by atoms with Gasteiger partial charge in [0.05, 0.1) is 13.7 Å². The van der Waals surface area contributed by atoms with Crippen molar-refractivity contribution in [1.82, 2.24) is 9.47 Å². The molecule has 0 spiro atoms. The van der Waals surface area contributed by atoms with Crippen molar-refractivity contribution in [2.75, 3.05) is 51.3 Å². The van der Waals surface area contributed by atoms with E-state index in [2.05, 4.69) is 63.9 Å². The Balaban J connectivity index is 1.30. The van der Waals surface area contributed by atoms with Crippen LogP contribution in [0.3, 0.4) is 0 Å². The third-order valence-electron chi connectivity index (χ3n) is 6.92. The number of ether oxygens (including phenoxy) is 2. The molecule has 188 valence electrons. The first-order valence-electron chi connectivity index (χ1n) is 13.0. The summed E-state index contributed by atoms with van der Waals surface area (Å²) in [5.74, 6) is 0.754. The van der Waals surface area contributed by atoms with Crippen molar-refractivity contribution < 1.29 is 14.3 Å². The molecule has 2 heterocycles. The number of piperazine rings is 1. The summed E-state index contributed by atoms with van der Waals surface area (Å²) in [5, 5.41) is 1.23. The van der Waals surface area contributed by atoms with Crippen LogP contribution in [0.2, 0.25) is 0 Å². The number of para-hydroxylation sites is 1. The molecule has 0 aliphatic carbocycles. The number of carbonyl (C=O) groups excluding carboxylic acids is 1. The average molecular weight is 478 g/mol. The molecule has 3 aromatic rings. The van der Waals surface area contributed by atoms with E-state index >= 15 is 0 Å². The van der Waals surface area contributed by atoms with Crippen molar-refractivity contribution >= 4 is 22.6 Å². The maximum absolute atomic E-state index is 12.4. The molecule has 1 aliphatic rings. The molecule has 4 rings (SSSR count). The van der Waals surface area contributed by atoms with Gasteiger partial charge in [-0.1, -0.05) is 50.5 Å². The van der Waals surface area contributed by atoms with Gasteiger partial charge in [-0.15, -0.1) is 0 Å². The molecule has 0 unspecified atom stereocenters. The molecule has 0 saturated carbocycles. The summed E-state index contributed by atoms with van der Waals surface area (Å²) in [7, 11) is 1.71. The summed E-state index contributed by atoms with van der Waals surface area (Å²) in [6.45, 7) is 8.10. The molecule has 1 fully saturated rings. The molecule has 35 heavy (non-hydrogen) atoms. The Hall–Kier alpha value is -2.99. The monoisotopic (exact) mass is 477 g/mol. The number of nitrogens with zero attached hydrogens (tertiary/aromatic N) is 3. The van der Waals surface area contributed by atoms with Crippen LogP contribution in [-0.2, 0) is 22.5 Å². The Labute approximate surface area is 209 Å². The maximum atomic E-state index is 12.4. The lowest BCUT2D eigenvalue weighted by Crippen LogP contribution is -2.47. The lowest BCUT2D eigenvalue weighted by atomic mass is 10.1. The van der Waals surface area contributed by atoms with Crippen LogP contribution in [0, 0.1) is 0 Å². The maximum Gasteiger partial charge on any atom is 0.325 e. The fraction of sp³-hybridized carbons (Fsp3) is 0.483. The van der Waals surface area contributed by atoms with E-state index in [1.54, 1.807) is 7.11 Å². The first-order valence-corrected chi connectivity index (χ1v) is 13.0. The van der Waals surface area contributed by atoms with Gasteiger partial charge in [0, 0.05) is 61.6 Å². The molecular weight excluding hydrogens is 438 g/mol. The molecule has 0 atom stereocenters. The lowest BCUT2D eigenvalue weighted by Gasteiger charge is -2.36. The molecule has 1 saturated heterocycles. The smallest absolute Gasteiger partial charge is 0.325 e. The predicted molar refractivity (Wildman–Crippen MR) is 142 cm³/mol. The number of hydrogen-bond acceptors (Lipinski definition) is 5. The standard InChI is InChI=1S/C29H39N3O3/c1-3-4-5-8-20-35-29(33)23-32-22-24(27-12-6-7-13-28(27)32)14-15-30-16-18-31(19-17-30)25-10-9-11-26(21-25)34-2/h6-7,9-13,21-22H,3-5,8,14-20,23H2,1-2H3. The molecule has 0 amide bonds. The van der Waals surface area contributed by atoms with Crippen LogP contribution < -0.4 is 9.64 Å². The fourth-order valence-electron chi connectivity index (χ4n) is 4.87. The number of rotatable bonds is 12. The van der Waals surface area contributed by atoms with Crippen LogP contribution in [0.15, 0.2) is 54.7 Å². The number of methoxy groups -OCH3 is 1. The van der Waals surface area contributed by atoms with Crippen LogP contribution in [0.1, 0.15) is 38.2 Å². The van der Waals surface area contributed by atoms with Crippen LogP contribution in [0.5, 0.6) is 5.75 Å². The van der Waals surface area contributed by atoms with Gasteiger partial charge in [0.2, 0.25) is 0 Å². The number of esters is 1. The van der Waals surface area contributed by atoms with Crippen LogP contribution in [-0.4, -0.2) is 61.9 Å². The number of aromatic nitrogens is 1. The minimum atomic E-state index is -0.150. The van der Waals surface area contributed by atoms with Gasteiger partial charge in [-0.25, -0.2) is 0 Å². The van der Waals surface area contributed by atoms with Crippen molar-refractivity contribution in [3.63, 3.8) is 0 Å². The van der Waals surface area contributed by atoms with E-state index in [1.165, 1.54) is 29.5 Å². The predicted octanol–water partition coefficient (Wildman–Crippen LogP) is 5.14. The molecule has 1 aromatic heterocycles. The largest absolute Gasteiger partial charge is 0.497 e. The molecule has 0 N–H and O–H groups in total. The van der Waals surface area contributed by atoms with Crippen molar-refractivity contribution in [2.24, 2.45) is 0 Å². The van der Waals surface area contributed by atoms with Gasteiger partial charge in [0.25, 0.3) is 0 Å². The van der Waals surface area contributed by atoms with Crippen LogP contribution >= 0.6 is 0 Å². The van der Waals surface area contributed by atoms with Crippen molar-refractivity contribution in [1.29, 1.82) is 0 Å². The Bertz CT molecular complexity index is 1090. The number of benzene rings is 2. The van der Waals surface area contributed by atoms with E-state index in [1.807, 2.05) is 12.1 Å². The van der Waals surface area contributed by atoms with E-state index in [0.29, 0.717) is 6.61 Å². The highest BCUT2D eigenvalue weighted by atomic mass is 16.5. The van der Waals surface area contributed by atoms with Gasteiger partial charge < -0.3 is 18.9 Å². The van der Waals surface area contributed by atoms with Gasteiger partial charge in [-0.3, -0.25) is 9.69 Å². The lowest BCUT2D eigenvalue weighted by molar-refractivity contribution is -0.144. The van der Waals surface area contributed by atoms with Gasteiger partial charge in [0.15, 0.2) is 0 Å². The van der Waals surface area contributed by atoms with Crippen LogP contribution in [0.4, 0.5) is 5.69 Å².